The molecule has 3 rings (SSSR count). The summed E-state index contributed by atoms with van der Waals surface area (Å²) in [5, 5.41) is 3.88. The maximum Gasteiger partial charge on any atom is 0.263 e. The van der Waals surface area contributed by atoms with Gasteiger partial charge in [0.1, 0.15) is 0 Å². The van der Waals surface area contributed by atoms with Crippen LogP contribution in [0.2, 0.25) is 5.02 Å². The summed E-state index contributed by atoms with van der Waals surface area (Å²) in [5.74, 6) is 0.355. The second kappa shape index (κ2) is 9.97. The van der Waals surface area contributed by atoms with Gasteiger partial charge in [-0.3, -0.25) is 4.79 Å². The number of rotatable bonds is 8. The molecule has 3 aromatic rings. The average molecular weight is 437 g/mol. The molecule has 1 N–H and O–H groups in total. The van der Waals surface area contributed by atoms with Gasteiger partial charge in [0.05, 0.1) is 0 Å². The summed E-state index contributed by atoms with van der Waals surface area (Å²) in [6.07, 6.45) is 0.781. The van der Waals surface area contributed by atoms with Crippen molar-refractivity contribution >= 4 is 17.5 Å². The van der Waals surface area contributed by atoms with Gasteiger partial charge in [-0.2, -0.15) is 0 Å². The summed E-state index contributed by atoms with van der Waals surface area (Å²) in [6, 6.07) is 23.5. The second-order valence-corrected chi connectivity index (χ2v) is 8.78. The Morgan fingerprint density at radius 2 is 1.71 bits per heavy atom. The Hall–Kier alpha value is -2.85. The Labute approximate surface area is 189 Å². The summed E-state index contributed by atoms with van der Waals surface area (Å²) in [6.45, 7) is 7.45. The van der Waals surface area contributed by atoms with Crippen LogP contribution in [0, 0.1) is 6.92 Å². The van der Waals surface area contributed by atoms with Gasteiger partial charge < -0.3 is 10.1 Å². The maximum absolute atomic E-state index is 13.1. The van der Waals surface area contributed by atoms with E-state index >= 15 is 0 Å². The van der Waals surface area contributed by atoms with Gasteiger partial charge in [-0.25, -0.2) is 4.98 Å². The van der Waals surface area contributed by atoms with E-state index in [-0.39, 0.29) is 17.9 Å². The van der Waals surface area contributed by atoms with Gasteiger partial charge in [-0.1, -0.05) is 60.1 Å². The number of hydrogen-bond acceptors (Lipinski definition) is 3. The van der Waals surface area contributed by atoms with Crippen LogP contribution >= 0.6 is 11.6 Å². The van der Waals surface area contributed by atoms with Gasteiger partial charge in [-0.15, -0.1) is 0 Å². The topological polar surface area (TPSA) is 51.2 Å². The standard InChI is InChI=1S/C26H29ClN2O2/c1-18-9-8-12-24(28-18)31-26(3,4)25(30)29-19(2)23(21-10-6-5-7-11-21)17-20-13-15-22(27)16-14-20/h5-16,19,23H,17H2,1-4H3,(H,29,30)/t19-,23?/m0/s1. The van der Waals surface area contributed by atoms with Crippen LogP contribution in [0.4, 0.5) is 0 Å². The fourth-order valence-electron chi connectivity index (χ4n) is 3.52. The van der Waals surface area contributed by atoms with E-state index in [1.54, 1.807) is 19.9 Å². The van der Waals surface area contributed by atoms with Gasteiger partial charge in [0.2, 0.25) is 5.88 Å². The van der Waals surface area contributed by atoms with Crippen molar-refractivity contribution in [1.29, 1.82) is 0 Å². The first-order valence-corrected chi connectivity index (χ1v) is 10.9. The van der Waals surface area contributed by atoms with Crippen molar-refractivity contribution in [2.24, 2.45) is 0 Å². The Morgan fingerprint density at radius 3 is 2.35 bits per heavy atom. The number of carbonyl (C=O) groups excluding carboxylic acids is 1. The minimum absolute atomic E-state index is 0.0965. The maximum atomic E-state index is 13.1. The number of pyridine rings is 1. The van der Waals surface area contributed by atoms with E-state index in [1.165, 1.54) is 11.1 Å². The molecule has 0 saturated heterocycles. The lowest BCUT2D eigenvalue weighted by molar-refractivity contribution is -0.135. The molecule has 1 heterocycles. The molecule has 1 aromatic heterocycles. The summed E-state index contributed by atoms with van der Waals surface area (Å²) in [4.78, 5) is 17.5. The lowest BCUT2D eigenvalue weighted by Crippen LogP contribution is -2.51. The van der Waals surface area contributed by atoms with Crippen molar-refractivity contribution in [2.45, 2.75) is 51.7 Å². The van der Waals surface area contributed by atoms with Crippen molar-refractivity contribution in [3.05, 3.63) is 94.6 Å². The Morgan fingerprint density at radius 1 is 1.03 bits per heavy atom. The first-order valence-electron chi connectivity index (χ1n) is 10.5. The largest absolute Gasteiger partial charge is 0.462 e. The van der Waals surface area contributed by atoms with Crippen molar-refractivity contribution in [1.82, 2.24) is 10.3 Å². The number of nitrogens with one attached hydrogen (secondary N) is 1. The smallest absolute Gasteiger partial charge is 0.263 e. The molecule has 162 valence electrons. The summed E-state index contributed by atoms with van der Waals surface area (Å²) in [7, 11) is 0. The molecule has 4 nitrogen and oxygen atoms in total. The first-order chi connectivity index (χ1) is 14.7. The van der Waals surface area contributed by atoms with Gasteiger partial charge in [0.25, 0.3) is 5.91 Å². The predicted molar refractivity (Wildman–Crippen MR) is 126 cm³/mol. The fourth-order valence-corrected chi connectivity index (χ4v) is 3.65. The van der Waals surface area contributed by atoms with Crippen LogP contribution in [0.25, 0.3) is 0 Å². The van der Waals surface area contributed by atoms with Crippen LogP contribution in [-0.4, -0.2) is 22.5 Å². The highest BCUT2D eigenvalue weighted by atomic mass is 35.5. The molecule has 2 atom stereocenters. The summed E-state index contributed by atoms with van der Waals surface area (Å²) in [5.41, 5.74) is 2.12. The number of halogens is 1. The van der Waals surface area contributed by atoms with Gasteiger partial charge >= 0.3 is 0 Å². The van der Waals surface area contributed by atoms with Crippen LogP contribution in [0.3, 0.4) is 0 Å². The zero-order chi connectivity index (χ0) is 22.4. The van der Waals surface area contributed by atoms with Gasteiger partial charge in [0.15, 0.2) is 5.60 Å². The molecule has 0 aliphatic heterocycles. The number of aryl methyl sites for hydroxylation is 1. The Bertz CT molecular complexity index is 1000. The minimum atomic E-state index is -1.06. The molecule has 1 unspecified atom stereocenters. The normalized spacial score (nSPS) is 13.3. The van der Waals surface area contributed by atoms with E-state index in [0.29, 0.717) is 10.9 Å². The lowest BCUT2D eigenvalue weighted by atomic mass is 9.86. The zero-order valence-electron chi connectivity index (χ0n) is 18.4. The molecular weight excluding hydrogens is 408 g/mol. The minimum Gasteiger partial charge on any atom is -0.462 e. The third kappa shape index (κ3) is 6.31. The van der Waals surface area contributed by atoms with Gasteiger partial charge in [0, 0.05) is 28.7 Å². The number of nitrogens with zero attached hydrogens (tertiary/aromatic N) is 1. The molecule has 0 radical (unpaired) electrons. The summed E-state index contributed by atoms with van der Waals surface area (Å²) < 4.78 is 5.92. The lowest BCUT2D eigenvalue weighted by Gasteiger charge is -2.30. The molecule has 31 heavy (non-hydrogen) atoms. The third-order valence-corrected chi connectivity index (χ3v) is 5.58. The fraction of sp³-hybridized carbons (Fsp3) is 0.308. The number of benzene rings is 2. The molecule has 1 amide bonds. The molecular formula is C26H29ClN2O2. The van der Waals surface area contributed by atoms with Crippen LogP contribution in [0.1, 0.15) is 43.5 Å². The van der Waals surface area contributed by atoms with E-state index in [0.717, 1.165) is 12.1 Å². The first kappa shape index (κ1) is 22.8. The highest BCUT2D eigenvalue weighted by molar-refractivity contribution is 6.30. The summed E-state index contributed by atoms with van der Waals surface area (Å²) >= 11 is 6.05. The monoisotopic (exact) mass is 436 g/mol. The number of amides is 1. The third-order valence-electron chi connectivity index (χ3n) is 5.33. The van der Waals surface area contributed by atoms with Crippen LogP contribution in [0.5, 0.6) is 5.88 Å². The van der Waals surface area contributed by atoms with Crippen LogP contribution < -0.4 is 10.1 Å². The van der Waals surface area contributed by atoms with Crippen molar-refractivity contribution in [3.63, 3.8) is 0 Å². The van der Waals surface area contributed by atoms with E-state index in [1.807, 2.05) is 68.4 Å². The van der Waals surface area contributed by atoms with Crippen LogP contribution in [0.15, 0.2) is 72.8 Å². The number of carbonyl (C=O) groups is 1. The number of ether oxygens (including phenoxy) is 1. The highest BCUT2D eigenvalue weighted by Gasteiger charge is 2.33. The molecule has 2 aromatic carbocycles. The molecule has 0 bridgehead atoms. The zero-order valence-corrected chi connectivity index (χ0v) is 19.2. The SMILES string of the molecule is Cc1cccc(OC(C)(C)C(=O)N[C@@H](C)C(Cc2ccc(Cl)cc2)c2ccccc2)n1. The Kier molecular flexibility index (Phi) is 7.34. The molecule has 0 fully saturated rings. The van der Waals surface area contributed by atoms with Crippen LogP contribution in [-0.2, 0) is 11.2 Å². The van der Waals surface area contributed by atoms with Crippen molar-refractivity contribution in [2.75, 3.05) is 0 Å². The molecule has 5 heteroatoms. The molecule has 0 aliphatic carbocycles. The number of hydrogen-bond donors (Lipinski definition) is 1. The Balaban J connectivity index is 1.76. The molecule has 0 spiro atoms. The van der Waals surface area contributed by atoms with E-state index in [2.05, 4.69) is 22.4 Å². The molecule has 0 saturated carbocycles. The second-order valence-electron chi connectivity index (χ2n) is 8.34. The highest BCUT2D eigenvalue weighted by Crippen LogP contribution is 2.26. The van der Waals surface area contributed by atoms with E-state index in [9.17, 15) is 4.79 Å². The van der Waals surface area contributed by atoms with Crippen molar-refractivity contribution < 1.29 is 9.53 Å². The van der Waals surface area contributed by atoms with Crippen molar-refractivity contribution in [3.8, 4) is 5.88 Å². The quantitative estimate of drug-likeness (QED) is 0.490. The number of aromatic nitrogens is 1. The average Bonchev–Trinajstić information content (AvgIpc) is 2.73. The van der Waals surface area contributed by atoms with E-state index < -0.39 is 5.60 Å². The predicted octanol–water partition coefficient (Wildman–Crippen LogP) is 5.73. The molecule has 0 aliphatic rings. The van der Waals surface area contributed by atoms with E-state index in [4.69, 9.17) is 16.3 Å². The van der Waals surface area contributed by atoms with Gasteiger partial charge in [-0.05, 0) is 63.4 Å².